The van der Waals surface area contributed by atoms with Crippen molar-refractivity contribution in [2.75, 3.05) is 6.61 Å². The first-order valence-electron chi connectivity index (χ1n) is 8.85. The van der Waals surface area contributed by atoms with Crippen LogP contribution in [0.3, 0.4) is 0 Å². The number of benzene rings is 3. The molecule has 0 saturated heterocycles. The van der Waals surface area contributed by atoms with Gasteiger partial charge in [-0.05, 0) is 73.8 Å². The number of hydrogen-bond donors (Lipinski definition) is 2. The lowest BCUT2D eigenvalue weighted by molar-refractivity contribution is -0.133. The van der Waals surface area contributed by atoms with Gasteiger partial charge < -0.3 is 9.47 Å². The molecule has 0 aliphatic rings. The lowest BCUT2D eigenvalue weighted by Gasteiger charge is -2.16. The van der Waals surface area contributed by atoms with Crippen LogP contribution in [0, 0.1) is 0 Å². The van der Waals surface area contributed by atoms with Gasteiger partial charge in [0.2, 0.25) is 0 Å². The molecular weight excluding hydrogens is 540 g/mol. The molecule has 6 nitrogen and oxygen atoms in total. The standard InChI is InChI=1S/C21H17Br2ClN2O4/c1-12(30-17-9-7-14(24)10-16(17)22)21(28)26-25-19(27)11-29-18-8-6-13-4-2-3-5-15(13)20(18)23/h2-10,12H,11H2,1H3,(H,25,27)(H,26,28). The molecule has 3 aromatic rings. The fraction of sp³-hybridized carbons (Fsp3) is 0.143. The molecule has 3 rings (SSSR count). The predicted molar refractivity (Wildman–Crippen MR) is 123 cm³/mol. The summed E-state index contributed by atoms with van der Waals surface area (Å²) in [4.78, 5) is 24.2. The first-order valence-corrected chi connectivity index (χ1v) is 10.8. The van der Waals surface area contributed by atoms with E-state index in [1.807, 2.05) is 30.3 Å². The van der Waals surface area contributed by atoms with E-state index >= 15 is 0 Å². The van der Waals surface area contributed by atoms with Crippen LogP contribution in [-0.4, -0.2) is 24.5 Å². The van der Waals surface area contributed by atoms with Crippen LogP contribution in [0.1, 0.15) is 6.92 Å². The Bertz CT molecular complexity index is 1090. The number of hydrazine groups is 1. The molecule has 1 unspecified atom stereocenters. The van der Waals surface area contributed by atoms with Crippen LogP contribution in [0.5, 0.6) is 11.5 Å². The SMILES string of the molecule is CC(Oc1ccc(Cl)cc1Br)C(=O)NNC(=O)COc1ccc2ccccc2c1Br. The van der Waals surface area contributed by atoms with Crippen molar-refractivity contribution in [3.63, 3.8) is 0 Å². The second kappa shape index (κ2) is 10.1. The summed E-state index contributed by atoms with van der Waals surface area (Å²) in [6.07, 6.45) is -0.849. The van der Waals surface area contributed by atoms with E-state index in [-0.39, 0.29) is 6.61 Å². The third-order valence-electron chi connectivity index (χ3n) is 4.08. The van der Waals surface area contributed by atoms with E-state index in [0.29, 0.717) is 21.0 Å². The van der Waals surface area contributed by atoms with Gasteiger partial charge in [0.15, 0.2) is 12.7 Å². The van der Waals surface area contributed by atoms with Crippen molar-refractivity contribution >= 4 is 66.0 Å². The highest BCUT2D eigenvalue weighted by atomic mass is 79.9. The summed E-state index contributed by atoms with van der Waals surface area (Å²) >= 11 is 12.7. The molecule has 2 N–H and O–H groups in total. The molecule has 0 aliphatic heterocycles. The van der Waals surface area contributed by atoms with Crippen molar-refractivity contribution in [2.45, 2.75) is 13.0 Å². The molecule has 0 saturated carbocycles. The molecule has 9 heteroatoms. The van der Waals surface area contributed by atoms with E-state index in [9.17, 15) is 9.59 Å². The van der Waals surface area contributed by atoms with Crippen molar-refractivity contribution in [2.24, 2.45) is 0 Å². The maximum atomic E-state index is 12.2. The second-order valence-corrected chi connectivity index (χ2v) is 8.34. The quantitative estimate of drug-likeness (QED) is 0.419. The highest BCUT2D eigenvalue weighted by molar-refractivity contribution is 9.11. The van der Waals surface area contributed by atoms with Crippen LogP contribution in [0.2, 0.25) is 5.02 Å². The molecule has 2 amide bonds. The third-order valence-corrected chi connectivity index (χ3v) is 5.75. The monoisotopic (exact) mass is 554 g/mol. The second-order valence-electron chi connectivity index (χ2n) is 6.26. The molecule has 0 bridgehead atoms. The van der Waals surface area contributed by atoms with E-state index in [0.717, 1.165) is 15.2 Å². The summed E-state index contributed by atoms with van der Waals surface area (Å²) in [5, 5.41) is 2.56. The Morgan fingerprint density at radius 1 is 1.03 bits per heavy atom. The minimum absolute atomic E-state index is 0.269. The zero-order chi connectivity index (χ0) is 21.7. The van der Waals surface area contributed by atoms with Gasteiger partial charge >= 0.3 is 0 Å². The number of hydrogen-bond acceptors (Lipinski definition) is 4. The largest absolute Gasteiger partial charge is 0.483 e. The van der Waals surface area contributed by atoms with Gasteiger partial charge in [-0.2, -0.15) is 0 Å². The van der Waals surface area contributed by atoms with Gasteiger partial charge in [0.05, 0.1) is 8.95 Å². The zero-order valence-corrected chi connectivity index (χ0v) is 19.7. The maximum absolute atomic E-state index is 12.2. The normalized spacial score (nSPS) is 11.6. The van der Waals surface area contributed by atoms with Crippen LogP contribution < -0.4 is 20.3 Å². The molecule has 1 atom stereocenters. The zero-order valence-electron chi connectivity index (χ0n) is 15.7. The van der Waals surface area contributed by atoms with E-state index < -0.39 is 17.9 Å². The summed E-state index contributed by atoms with van der Waals surface area (Å²) in [7, 11) is 0. The van der Waals surface area contributed by atoms with Gasteiger partial charge in [-0.3, -0.25) is 20.4 Å². The number of fused-ring (bicyclic) bond motifs is 1. The number of halogens is 3. The Morgan fingerprint density at radius 2 is 1.77 bits per heavy atom. The van der Waals surface area contributed by atoms with E-state index in [2.05, 4.69) is 42.7 Å². The molecule has 0 heterocycles. The lowest BCUT2D eigenvalue weighted by Crippen LogP contribution is -2.48. The highest BCUT2D eigenvalue weighted by Gasteiger charge is 2.17. The van der Waals surface area contributed by atoms with E-state index in [1.54, 1.807) is 31.2 Å². The Balaban J connectivity index is 1.49. The third kappa shape index (κ3) is 5.65. The molecule has 3 aromatic carbocycles. The number of carbonyl (C=O) groups excluding carboxylic acids is 2. The van der Waals surface area contributed by atoms with Crippen LogP contribution in [0.15, 0.2) is 63.5 Å². The summed E-state index contributed by atoms with van der Waals surface area (Å²) in [6, 6.07) is 16.4. The van der Waals surface area contributed by atoms with Crippen LogP contribution >= 0.6 is 43.5 Å². The van der Waals surface area contributed by atoms with Crippen LogP contribution in [0.4, 0.5) is 0 Å². The number of amides is 2. The molecule has 0 radical (unpaired) electrons. The number of rotatable bonds is 6. The minimum atomic E-state index is -0.849. The Kier molecular flexibility index (Phi) is 7.58. The first kappa shape index (κ1) is 22.4. The van der Waals surface area contributed by atoms with E-state index in [1.165, 1.54) is 0 Å². The Hall–Kier alpha value is -2.29. The van der Waals surface area contributed by atoms with Gasteiger partial charge in [-0.25, -0.2) is 0 Å². The van der Waals surface area contributed by atoms with E-state index in [4.69, 9.17) is 21.1 Å². The van der Waals surface area contributed by atoms with Crippen LogP contribution in [0.25, 0.3) is 10.8 Å². The van der Waals surface area contributed by atoms with Gasteiger partial charge in [0.1, 0.15) is 11.5 Å². The summed E-state index contributed by atoms with van der Waals surface area (Å²) in [5.74, 6) is -0.0438. The highest BCUT2D eigenvalue weighted by Crippen LogP contribution is 2.33. The molecule has 0 aliphatic carbocycles. The Morgan fingerprint density at radius 3 is 2.53 bits per heavy atom. The average molecular weight is 557 g/mol. The number of nitrogens with one attached hydrogen (secondary N) is 2. The van der Waals surface area contributed by atoms with Gasteiger partial charge in [-0.15, -0.1) is 0 Å². The van der Waals surface area contributed by atoms with Crippen molar-refractivity contribution in [1.29, 1.82) is 0 Å². The fourth-order valence-electron chi connectivity index (χ4n) is 2.55. The molecule has 0 fully saturated rings. The van der Waals surface area contributed by atoms with Crippen molar-refractivity contribution in [1.82, 2.24) is 10.9 Å². The average Bonchev–Trinajstić information content (AvgIpc) is 2.73. The van der Waals surface area contributed by atoms with Gasteiger partial charge in [0.25, 0.3) is 11.8 Å². The predicted octanol–water partition coefficient (Wildman–Crippen LogP) is 5.01. The molecule has 0 aromatic heterocycles. The van der Waals surface area contributed by atoms with Crippen molar-refractivity contribution < 1.29 is 19.1 Å². The molecular formula is C21H17Br2ClN2O4. The fourth-order valence-corrected chi connectivity index (χ4v) is 3.94. The summed E-state index contributed by atoms with van der Waals surface area (Å²) in [6.45, 7) is 1.29. The summed E-state index contributed by atoms with van der Waals surface area (Å²) < 4.78 is 12.5. The first-order chi connectivity index (χ1) is 14.3. The minimum Gasteiger partial charge on any atom is -0.483 e. The topological polar surface area (TPSA) is 76.7 Å². The Labute approximate surface area is 195 Å². The van der Waals surface area contributed by atoms with Gasteiger partial charge in [-0.1, -0.05) is 41.9 Å². The molecule has 30 heavy (non-hydrogen) atoms. The van der Waals surface area contributed by atoms with Gasteiger partial charge in [0, 0.05) is 5.02 Å². The molecule has 0 spiro atoms. The van der Waals surface area contributed by atoms with Crippen molar-refractivity contribution in [3.8, 4) is 11.5 Å². The number of ether oxygens (including phenoxy) is 2. The molecule has 156 valence electrons. The lowest BCUT2D eigenvalue weighted by atomic mass is 10.1. The summed E-state index contributed by atoms with van der Waals surface area (Å²) in [5.41, 5.74) is 4.63. The smallest absolute Gasteiger partial charge is 0.279 e. The van der Waals surface area contributed by atoms with Crippen molar-refractivity contribution in [3.05, 3.63) is 68.6 Å². The van der Waals surface area contributed by atoms with Crippen LogP contribution in [-0.2, 0) is 9.59 Å². The number of carbonyl (C=O) groups is 2. The maximum Gasteiger partial charge on any atom is 0.279 e.